The summed E-state index contributed by atoms with van der Waals surface area (Å²) < 4.78 is 10.5. The lowest BCUT2D eigenvalue weighted by atomic mass is 10.1. The molecule has 0 aliphatic carbocycles. The SMILES string of the molecule is [CH2]c1ccc(C(=O)NCc2ccc3c(c2)OCO3)cc1. The van der Waals surface area contributed by atoms with Crippen LogP contribution in [0.3, 0.4) is 0 Å². The Morgan fingerprint density at radius 1 is 1.10 bits per heavy atom. The van der Waals surface area contributed by atoms with Crippen molar-refractivity contribution >= 4 is 5.91 Å². The Morgan fingerprint density at radius 3 is 2.65 bits per heavy atom. The van der Waals surface area contributed by atoms with Gasteiger partial charge in [0.15, 0.2) is 11.5 Å². The van der Waals surface area contributed by atoms with E-state index < -0.39 is 0 Å². The lowest BCUT2D eigenvalue weighted by Crippen LogP contribution is -2.22. The number of fused-ring (bicyclic) bond motifs is 1. The van der Waals surface area contributed by atoms with Crippen LogP contribution in [-0.4, -0.2) is 12.7 Å². The number of carbonyl (C=O) groups is 1. The molecule has 1 heterocycles. The van der Waals surface area contributed by atoms with Crippen LogP contribution >= 0.6 is 0 Å². The molecular formula is C16H14NO3. The van der Waals surface area contributed by atoms with E-state index in [1.165, 1.54) is 0 Å². The molecule has 4 heteroatoms. The van der Waals surface area contributed by atoms with Gasteiger partial charge < -0.3 is 14.8 Å². The Hall–Kier alpha value is -2.49. The predicted octanol–water partition coefficient (Wildman–Crippen LogP) is 2.53. The first kappa shape index (κ1) is 12.5. The summed E-state index contributed by atoms with van der Waals surface area (Å²) in [7, 11) is 0. The highest BCUT2D eigenvalue weighted by molar-refractivity contribution is 5.94. The Kier molecular flexibility index (Phi) is 3.29. The van der Waals surface area contributed by atoms with Gasteiger partial charge in [0.1, 0.15) is 0 Å². The number of nitrogens with one attached hydrogen (secondary N) is 1. The van der Waals surface area contributed by atoms with Crippen molar-refractivity contribution in [1.82, 2.24) is 5.32 Å². The van der Waals surface area contributed by atoms with Crippen LogP contribution in [0.25, 0.3) is 0 Å². The first-order chi connectivity index (χ1) is 9.72. The van der Waals surface area contributed by atoms with Crippen LogP contribution in [0.5, 0.6) is 11.5 Å². The summed E-state index contributed by atoms with van der Waals surface area (Å²) in [5.41, 5.74) is 2.48. The topological polar surface area (TPSA) is 47.6 Å². The third-order valence-electron chi connectivity index (χ3n) is 3.11. The van der Waals surface area contributed by atoms with Crippen molar-refractivity contribution in [3.63, 3.8) is 0 Å². The molecule has 20 heavy (non-hydrogen) atoms. The molecule has 0 unspecified atom stereocenters. The quantitative estimate of drug-likeness (QED) is 0.930. The maximum Gasteiger partial charge on any atom is 0.251 e. The molecule has 0 spiro atoms. The van der Waals surface area contributed by atoms with Gasteiger partial charge in [-0.05, 0) is 42.3 Å². The van der Waals surface area contributed by atoms with E-state index in [-0.39, 0.29) is 12.7 Å². The van der Waals surface area contributed by atoms with Crippen LogP contribution in [-0.2, 0) is 6.54 Å². The summed E-state index contributed by atoms with van der Waals surface area (Å²) in [6.07, 6.45) is 0. The first-order valence-electron chi connectivity index (χ1n) is 6.31. The normalized spacial score (nSPS) is 12.2. The minimum absolute atomic E-state index is 0.109. The van der Waals surface area contributed by atoms with Gasteiger partial charge in [0.05, 0.1) is 0 Å². The first-order valence-corrected chi connectivity index (χ1v) is 6.31. The second kappa shape index (κ2) is 5.25. The summed E-state index contributed by atoms with van der Waals surface area (Å²) in [6, 6.07) is 12.8. The number of hydrogen-bond acceptors (Lipinski definition) is 3. The zero-order chi connectivity index (χ0) is 13.9. The van der Waals surface area contributed by atoms with E-state index in [1.54, 1.807) is 12.1 Å². The van der Waals surface area contributed by atoms with Gasteiger partial charge in [0.2, 0.25) is 6.79 Å². The molecular weight excluding hydrogens is 254 g/mol. The highest BCUT2D eigenvalue weighted by Gasteiger charge is 2.13. The molecule has 2 aromatic rings. The van der Waals surface area contributed by atoms with Crippen LogP contribution in [0.4, 0.5) is 0 Å². The van der Waals surface area contributed by atoms with Crippen molar-refractivity contribution in [2.24, 2.45) is 0 Å². The highest BCUT2D eigenvalue weighted by atomic mass is 16.7. The third kappa shape index (κ3) is 2.59. The number of ether oxygens (including phenoxy) is 2. The second-order valence-corrected chi connectivity index (χ2v) is 4.57. The maximum absolute atomic E-state index is 12.0. The molecule has 1 N–H and O–H groups in total. The molecule has 1 aliphatic heterocycles. The van der Waals surface area contributed by atoms with E-state index >= 15 is 0 Å². The lowest BCUT2D eigenvalue weighted by Gasteiger charge is -2.06. The molecule has 0 saturated carbocycles. The number of rotatable bonds is 3. The molecule has 4 nitrogen and oxygen atoms in total. The largest absolute Gasteiger partial charge is 0.454 e. The van der Waals surface area contributed by atoms with E-state index in [4.69, 9.17) is 9.47 Å². The minimum atomic E-state index is -0.109. The van der Waals surface area contributed by atoms with E-state index in [0.29, 0.717) is 12.1 Å². The summed E-state index contributed by atoms with van der Waals surface area (Å²) in [5.74, 6) is 1.35. The third-order valence-corrected chi connectivity index (χ3v) is 3.11. The van der Waals surface area contributed by atoms with Crippen LogP contribution in [0.2, 0.25) is 0 Å². The molecule has 1 radical (unpaired) electrons. The van der Waals surface area contributed by atoms with Crippen LogP contribution in [0, 0.1) is 6.92 Å². The standard InChI is InChI=1S/C16H14NO3/c1-11-2-5-13(6-3-11)16(18)17-9-12-4-7-14-15(8-12)20-10-19-14/h2-8H,1,9-10H2,(H,17,18). The zero-order valence-electron chi connectivity index (χ0n) is 10.9. The predicted molar refractivity (Wildman–Crippen MR) is 74.6 cm³/mol. The van der Waals surface area contributed by atoms with Crippen LogP contribution < -0.4 is 14.8 Å². The fourth-order valence-electron chi connectivity index (χ4n) is 1.99. The molecule has 1 aliphatic rings. The Morgan fingerprint density at radius 2 is 1.85 bits per heavy atom. The Labute approximate surface area is 117 Å². The van der Waals surface area contributed by atoms with Gasteiger partial charge in [-0.3, -0.25) is 4.79 Å². The summed E-state index contributed by atoms with van der Waals surface area (Å²) in [5, 5.41) is 2.87. The van der Waals surface area contributed by atoms with Crippen molar-refractivity contribution in [1.29, 1.82) is 0 Å². The summed E-state index contributed by atoms with van der Waals surface area (Å²) >= 11 is 0. The summed E-state index contributed by atoms with van der Waals surface area (Å²) in [6.45, 7) is 4.49. The average molecular weight is 268 g/mol. The molecule has 1 amide bonds. The smallest absolute Gasteiger partial charge is 0.251 e. The van der Waals surface area contributed by atoms with E-state index in [2.05, 4.69) is 12.2 Å². The minimum Gasteiger partial charge on any atom is -0.454 e. The Bertz CT molecular complexity index is 635. The average Bonchev–Trinajstić information content (AvgIpc) is 2.93. The maximum atomic E-state index is 12.0. The van der Waals surface area contributed by atoms with E-state index in [0.717, 1.165) is 22.6 Å². The van der Waals surface area contributed by atoms with E-state index in [9.17, 15) is 4.79 Å². The second-order valence-electron chi connectivity index (χ2n) is 4.57. The van der Waals surface area contributed by atoms with Crippen molar-refractivity contribution in [3.8, 4) is 11.5 Å². The fourth-order valence-corrected chi connectivity index (χ4v) is 1.99. The fraction of sp³-hybridized carbons (Fsp3) is 0.125. The molecule has 0 aromatic heterocycles. The molecule has 0 bridgehead atoms. The summed E-state index contributed by atoms with van der Waals surface area (Å²) in [4.78, 5) is 12.0. The molecule has 0 atom stereocenters. The molecule has 0 fully saturated rings. The van der Waals surface area contributed by atoms with Gasteiger partial charge in [-0.15, -0.1) is 0 Å². The number of carbonyl (C=O) groups excluding carboxylic acids is 1. The van der Waals surface area contributed by atoms with Crippen molar-refractivity contribution in [2.75, 3.05) is 6.79 Å². The zero-order valence-corrected chi connectivity index (χ0v) is 10.9. The lowest BCUT2D eigenvalue weighted by molar-refractivity contribution is 0.0951. The molecule has 3 rings (SSSR count). The van der Waals surface area contributed by atoms with Gasteiger partial charge in [-0.25, -0.2) is 0 Å². The number of amides is 1. The van der Waals surface area contributed by atoms with E-state index in [1.807, 2.05) is 30.3 Å². The van der Waals surface area contributed by atoms with Crippen LogP contribution in [0.15, 0.2) is 42.5 Å². The molecule has 2 aromatic carbocycles. The van der Waals surface area contributed by atoms with Crippen molar-refractivity contribution in [2.45, 2.75) is 6.54 Å². The van der Waals surface area contributed by atoms with Gasteiger partial charge in [0, 0.05) is 12.1 Å². The highest BCUT2D eigenvalue weighted by Crippen LogP contribution is 2.32. The van der Waals surface area contributed by atoms with Gasteiger partial charge >= 0.3 is 0 Å². The number of benzene rings is 2. The molecule has 0 saturated heterocycles. The van der Waals surface area contributed by atoms with Gasteiger partial charge in [-0.1, -0.05) is 18.2 Å². The monoisotopic (exact) mass is 268 g/mol. The van der Waals surface area contributed by atoms with Crippen LogP contribution in [0.1, 0.15) is 21.5 Å². The van der Waals surface area contributed by atoms with Gasteiger partial charge in [-0.2, -0.15) is 0 Å². The van der Waals surface area contributed by atoms with Crippen molar-refractivity contribution < 1.29 is 14.3 Å². The number of hydrogen-bond donors (Lipinski definition) is 1. The Balaban J connectivity index is 1.64. The van der Waals surface area contributed by atoms with Gasteiger partial charge in [0.25, 0.3) is 5.91 Å². The molecule has 101 valence electrons. The van der Waals surface area contributed by atoms with Crippen molar-refractivity contribution in [3.05, 3.63) is 66.1 Å².